The van der Waals surface area contributed by atoms with E-state index in [1.54, 1.807) is 0 Å². The summed E-state index contributed by atoms with van der Waals surface area (Å²) >= 11 is 0. The van der Waals surface area contributed by atoms with Gasteiger partial charge >= 0.3 is 0 Å². The van der Waals surface area contributed by atoms with Crippen molar-refractivity contribution in [2.24, 2.45) is 0 Å². The first-order chi connectivity index (χ1) is 9.01. The van der Waals surface area contributed by atoms with Gasteiger partial charge in [-0.3, -0.25) is 9.11 Å². The Morgan fingerprint density at radius 3 is 2.00 bits per heavy atom. The zero-order valence-corrected chi connectivity index (χ0v) is 11.4. The van der Waals surface area contributed by atoms with Crippen LogP contribution in [0.5, 0.6) is 0 Å². The maximum Gasteiger partial charge on any atom is 0.297 e. The normalized spacial score (nSPS) is 12.7. The molecule has 0 bridgehead atoms. The van der Waals surface area contributed by atoms with Crippen LogP contribution in [0.1, 0.15) is 0 Å². The minimum Gasteiger partial charge on any atom is -0.397 e. The summed E-state index contributed by atoms with van der Waals surface area (Å²) in [6.45, 7) is 0. The Morgan fingerprint density at radius 1 is 0.900 bits per heavy atom. The average Bonchev–Trinajstić information content (AvgIpc) is 2.27. The van der Waals surface area contributed by atoms with Gasteiger partial charge in [0.2, 0.25) is 0 Å². The molecule has 2 aromatic carbocycles. The maximum absolute atomic E-state index is 11.4. The maximum atomic E-state index is 11.4. The second-order valence-corrected chi connectivity index (χ2v) is 6.82. The molecule has 0 spiro atoms. The largest absolute Gasteiger partial charge is 0.397 e. The molecule has 0 aliphatic carbocycles. The lowest BCUT2D eigenvalue weighted by molar-refractivity contribution is 0.482. The molecule has 0 aliphatic heterocycles. The van der Waals surface area contributed by atoms with Gasteiger partial charge in [-0.15, -0.1) is 0 Å². The van der Waals surface area contributed by atoms with E-state index in [9.17, 15) is 21.4 Å². The Kier molecular flexibility index (Phi) is 3.13. The molecule has 2 aromatic rings. The van der Waals surface area contributed by atoms with Gasteiger partial charge in [0, 0.05) is 5.39 Å². The Morgan fingerprint density at radius 2 is 1.50 bits per heavy atom. The van der Waals surface area contributed by atoms with E-state index < -0.39 is 30.0 Å². The first kappa shape index (κ1) is 14.5. The van der Waals surface area contributed by atoms with Crippen LogP contribution in [0.3, 0.4) is 0 Å². The number of anilines is 2. The first-order valence-corrected chi connectivity index (χ1v) is 7.96. The predicted octanol–water partition coefficient (Wildman–Crippen LogP) is 0.498. The summed E-state index contributed by atoms with van der Waals surface area (Å²) in [7, 11) is -9.10. The lowest BCUT2D eigenvalue weighted by Crippen LogP contribution is -2.07. The summed E-state index contributed by atoms with van der Waals surface area (Å²) in [5, 5.41) is 0.0889. The van der Waals surface area contributed by atoms with Crippen molar-refractivity contribution in [3.8, 4) is 0 Å². The van der Waals surface area contributed by atoms with Gasteiger partial charge < -0.3 is 11.5 Å². The smallest absolute Gasteiger partial charge is 0.297 e. The fraction of sp³-hybridized carbons (Fsp3) is 0. The SMILES string of the molecule is Nc1cc2cc(S(=O)(=O)O)ccc2c(S(=O)(=O)O)c1N. The Balaban J connectivity index is 2.99. The molecule has 0 aromatic heterocycles. The molecule has 0 atom stereocenters. The number of nitrogens with two attached hydrogens (primary N) is 2. The second kappa shape index (κ2) is 4.31. The minimum atomic E-state index is -4.65. The molecule has 20 heavy (non-hydrogen) atoms. The summed E-state index contributed by atoms with van der Waals surface area (Å²) in [6, 6.07) is 4.36. The third-order valence-corrected chi connectivity index (χ3v) is 4.50. The summed E-state index contributed by atoms with van der Waals surface area (Å²) in [5.74, 6) is 0. The monoisotopic (exact) mass is 318 g/mol. The molecule has 0 unspecified atom stereocenters. The van der Waals surface area contributed by atoms with Crippen LogP contribution in [0.2, 0.25) is 0 Å². The predicted molar refractivity (Wildman–Crippen MR) is 72.4 cm³/mol. The van der Waals surface area contributed by atoms with Gasteiger partial charge in [-0.05, 0) is 23.6 Å². The highest BCUT2D eigenvalue weighted by molar-refractivity contribution is 7.86. The number of rotatable bonds is 2. The molecule has 0 amide bonds. The molecule has 0 aliphatic rings. The first-order valence-electron chi connectivity index (χ1n) is 5.08. The third-order valence-electron chi connectivity index (χ3n) is 2.69. The highest BCUT2D eigenvalue weighted by atomic mass is 32.2. The summed E-state index contributed by atoms with van der Waals surface area (Å²) in [5.41, 5.74) is 10.6. The van der Waals surface area contributed by atoms with Crippen LogP contribution in [0.15, 0.2) is 34.1 Å². The summed E-state index contributed by atoms with van der Waals surface area (Å²) < 4.78 is 62.9. The zero-order valence-electron chi connectivity index (χ0n) is 9.81. The van der Waals surface area contributed by atoms with Gasteiger partial charge in [-0.1, -0.05) is 6.07 Å². The van der Waals surface area contributed by atoms with E-state index in [1.165, 1.54) is 6.07 Å². The van der Waals surface area contributed by atoms with Crippen molar-refractivity contribution in [1.29, 1.82) is 0 Å². The van der Waals surface area contributed by atoms with Crippen molar-refractivity contribution >= 4 is 42.4 Å². The Labute approximate surface area is 114 Å². The van der Waals surface area contributed by atoms with Crippen molar-refractivity contribution in [1.82, 2.24) is 0 Å². The van der Waals surface area contributed by atoms with Gasteiger partial charge in [0.15, 0.2) is 0 Å². The topological polar surface area (TPSA) is 161 Å². The highest BCUT2D eigenvalue weighted by Crippen LogP contribution is 2.34. The quantitative estimate of drug-likeness (QED) is 0.459. The molecule has 8 nitrogen and oxygen atoms in total. The van der Waals surface area contributed by atoms with Crippen molar-refractivity contribution in [2.45, 2.75) is 9.79 Å². The van der Waals surface area contributed by atoms with Crippen LogP contribution in [0.25, 0.3) is 10.8 Å². The molecule has 10 heteroatoms. The van der Waals surface area contributed by atoms with Gasteiger partial charge in [0.05, 0.1) is 16.3 Å². The van der Waals surface area contributed by atoms with Crippen LogP contribution in [0, 0.1) is 0 Å². The number of fused-ring (bicyclic) bond motifs is 1. The molecule has 6 N–H and O–H groups in total. The van der Waals surface area contributed by atoms with E-state index in [0.29, 0.717) is 0 Å². The molecular formula is C10H10N2O6S2. The van der Waals surface area contributed by atoms with Crippen molar-refractivity contribution in [2.75, 3.05) is 11.5 Å². The lowest BCUT2D eigenvalue weighted by Gasteiger charge is -2.11. The number of nitrogen functional groups attached to an aromatic ring is 2. The van der Waals surface area contributed by atoms with Gasteiger partial charge in [0.25, 0.3) is 20.2 Å². The minimum absolute atomic E-state index is 0.00778. The van der Waals surface area contributed by atoms with Crippen LogP contribution >= 0.6 is 0 Å². The van der Waals surface area contributed by atoms with E-state index in [0.717, 1.165) is 18.2 Å². The van der Waals surface area contributed by atoms with Crippen LogP contribution < -0.4 is 11.5 Å². The van der Waals surface area contributed by atoms with E-state index in [-0.39, 0.29) is 22.1 Å². The van der Waals surface area contributed by atoms with Gasteiger partial charge in [0.1, 0.15) is 4.90 Å². The zero-order chi connectivity index (χ0) is 15.3. The molecule has 108 valence electrons. The van der Waals surface area contributed by atoms with Crippen molar-refractivity contribution < 1.29 is 25.9 Å². The Hall–Kier alpha value is -1.88. The molecule has 0 saturated heterocycles. The Bertz CT molecular complexity index is 918. The number of hydrogen-bond acceptors (Lipinski definition) is 6. The van der Waals surface area contributed by atoms with Gasteiger partial charge in [-0.25, -0.2) is 0 Å². The molecule has 0 radical (unpaired) electrons. The fourth-order valence-corrected chi connectivity index (χ4v) is 3.20. The molecule has 0 fully saturated rings. The van der Waals surface area contributed by atoms with Crippen molar-refractivity contribution in [3.63, 3.8) is 0 Å². The van der Waals surface area contributed by atoms with Crippen LogP contribution in [-0.4, -0.2) is 25.9 Å². The second-order valence-electron chi connectivity index (χ2n) is 4.04. The highest BCUT2D eigenvalue weighted by Gasteiger charge is 2.21. The van der Waals surface area contributed by atoms with E-state index >= 15 is 0 Å². The summed E-state index contributed by atoms with van der Waals surface area (Å²) in [4.78, 5) is -1.04. The van der Waals surface area contributed by atoms with Gasteiger partial charge in [-0.2, -0.15) is 16.8 Å². The summed E-state index contributed by atoms with van der Waals surface area (Å²) in [6.07, 6.45) is 0. The van der Waals surface area contributed by atoms with E-state index in [1.807, 2.05) is 0 Å². The molecule has 0 heterocycles. The number of hydrogen-bond donors (Lipinski definition) is 4. The molecule has 2 rings (SSSR count). The van der Waals surface area contributed by atoms with E-state index in [2.05, 4.69) is 0 Å². The van der Waals surface area contributed by atoms with Crippen LogP contribution in [0.4, 0.5) is 11.4 Å². The number of benzene rings is 2. The lowest BCUT2D eigenvalue weighted by atomic mass is 10.1. The van der Waals surface area contributed by atoms with E-state index in [4.69, 9.17) is 16.0 Å². The third kappa shape index (κ3) is 2.41. The van der Waals surface area contributed by atoms with Crippen molar-refractivity contribution in [3.05, 3.63) is 24.3 Å². The molecular weight excluding hydrogens is 308 g/mol. The fourth-order valence-electron chi connectivity index (χ4n) is 1.83. The standard InChI is InChI=1S/C10H10N2O6S2/c11-8-4-5-3-6(19(13,14)15)1-2-7(5)10(9(8)12)20(16,17)18/h1-4H,11-12H2,(H,13,14,15)(H,16,17,18). The van der Waals surface area contributed by atoms with Crippen LogP contribution in [-0.2, 0) is 20.2 Å². The average molecular weight is 318 g/mol. The molecule has 0 saturated carbocycles.